The highest BCUT2D eigenvalue weighted by molar-refractivity contribution is 6.12. The maximum atomic E-state index is 11.9. The van der Waals surface area contributed by atoms with E-state index in [-0.39, 0.29) is 70.4 Å². The quantitative estimate of drug-likeness (QED) is 0.229. The molecule has 6 amide bonds. The van der Waals surface area contributed by atoms with E-state index in [0.717, 1.165) is 17.1 Å². The standard InChI is InChI=1S/C24H30N4O10/c1-15-13-22(35)28(24(15)37)38-23(36)10-11-25-18(31)7-5-17(30)14-26-19(32)6-4-16(29)3-2-12-27-20(33)8-9-21(27)34/h8-9,15H,2-7,10-14H2,1H3,(H,25,31)(H,26,32). The second kappa shape index (κ2) is 14.5. The Kier molecular flexibility index (Phi) is 11.4. The summed E-state index contributed by atoms with van der Waals surface area (Å²) in [7, 11) is 0. The fraction of sp³-hybridized carbons (Fsp3) is 0.542. The lowest BCUT2D eigenvalue weighted by Gasteiger charge is -2.13. The van der Waals surface area contributed by atoms with Crippen LogP contribution >= 0.6 is 0 Å². The number of rotatable bonds is 16. The van der Waals surface area contributed by atoms with Crippen molar-refractivity contribution >= 4 is 53.0 Å². The van der Waals surface area contributed by atoms with Gasteiger partial charge in [0.05, 0.1) is 13.0 Å². The summed E-state index contributed by atoms with van der Waals surface area (Å²) in [6, 6.07) is 0. The van der Waals surface area contributed by atoms with Crippen molar-refractivity contribution in [2.24, 2.45) is 5.92 Å². The maximum Gasteiger partial charge on any atom is 0.334 e. The molecule has 0 aromatic rings. The SMILES string of the molecule is CC1CC(=O)N(OC(=O)CCNC(=O)CCC(=O)CNC(=O)CCC(=O)CCCN2C(=O)C=CC2=O)C1=O. The van der Waals surface area contributed by atoms with Crippen molar-refractivity contribution in [3.05, 3.63) is 12.2 Å². The number of imide groups is 2. The number of Topliss-reactive ketones (excluding diaryl/α,β-unsaturated/α-hetero) is 2. The molecule has 0 aromatic carbocycles. The molecule has 14 heteroatoms. The van der Waals surface area contributed by atoms with Crippen LogP contribution in [0.3, 0.4) is 0 Å². The largest absolute Gasteiger partial charge is 0.356 e. The summed E-state index contributed by atoms with van der Waals surface area (Å²) in [6.07, 6.45) is 1.87. The van der Waals surface area contributed by atoms with Gasteiger partial charge in [-0.15, -0.1) is 5.06 Å². The minimum absolute atomic E-state index is 0.0409. The highest BCUT2D eigenvalue weighted by Gasteiger charge is 2.38. The van der Waals surface area contributed by atoms with E-state index in [1.54, 1.807) is 0 Å². The van der Waals surface area contributed by atoms with Crippen molar-refractivity contribution in [1.29, 1.82) is 0 Å². The monoisotopic (exact) mass is 534 g/mol. The smallest absolute Gasteiger partial charge is 0.334 e. The van der Waals surface area contributed by atoms with Gasteiger partial charge in [0.15, 0.2) is 5.78 Å². The molecule has 206 valence electrons. The molecule has 1 saturated heterocycles. The lowest BCUT2D eigenvalue weighted by atomic mass is 10.1. The zero-order chi connectivity index (χ0) is 28.2. The number of hydrogen-bond acceptors (Lipinski definition) is 10. The number of hydroxylamine groups is 2. The second-order valence-electron chi connectivity index (χ2n) is 8.81. The number of nitrogens with zero attached hydrogens (tertiary/aromatic N) is 2. The van der Waals surface area contributed by atoms with E-state index in [0.29, 0.717) is 11.5 Å². The third kappa shape index (κ3) is 9.67. The van der Waals surface area contributed by atoms with Crippen LogP contribution in [0.4, 0.5) is 0 Å². The van der Waals surface area contributed by atoms with Crippen molar-refractivity contribution < 1.29 is 48.0 Å². The van der Waals surface area contributed by atoms with Crippen molar-refractivity contribution in [2.45, 2.75) is 58.3 Å². The molecule has 0 spiro atoms. The molecule has 0 aromatic heterocycles. The minimum atomic E-state index is -0.868. The van der Waals surface area contributed by atoms with Crippen molar-refractivity contribution in [2.75, 3.05) is 19.6 Å². The molecule has 2 aliphatic heterocycles. The van der Waals surface area contributed by atoms with Crippen LogP contribution < -0.4 is 10.6 Å². The lowest BCUT2D eigenvalue weighted by Crippen LogP contribution is -2.35. The molecule has 0 radical (unpaired) electrons. The van der Waals surface area contributed by atoms with Gasteiger partial charge in [-0.2, -0.15) is 0 Å². The highest BCUT2D eigenvalue weighted by Crippen LogP contribution is 2.19. The van der Waals surface area contributed by atoms with Gasteiger partial charge >= 0.3 is 5.97 Å². The number of hydrogen-bond donors (Lipinski definition) is 2. The van der Waals surface area contributed by atoms with Gasteiger partial charge in [0.2, 0.25) is 11.8 Å². The zero-order valence-corrected chi connectivity index (χ0v) is 21.0. The third-order valence-electron chi connectivity index (χ3n) is 5.66. The summed E-state index contributed by atoms with van der Waals surface area (Å²) in [5, 5.41) is 5.22. The van der Waals surface area contributed by atoms with E-state index >= 15 is 0 Å². The predicted octanol–water partition coefficient (Wildman–Crippen LogP) is -1.13. The highest BCUT2D eigenvalue weighted by atomic mass is 16.7. The summed E-state index contributed by atoms with van der Waals surface area (Å²) in [5.41, 5.74) is 0. The number of carbonyl (C=O) groups is 9. The van der Waals surface area contributed by atoms with Crippen LogP contribution in [0.5, 0.6) is 0 Å². The fourth-order valence-corrected chi connectivity index (χ4v) is 3.48. The van der Waals surface area contributed by atoms with Gasteiger partial charge in [-0.3, -0.25) is 43.3 Å². The number of ketones is 2. The molecule has 1 fully saturated rings. The van der Waals surface area contributed by atoms with E-state index in [9.17, 15) is 43.2 Å². The molecule has 2 N–H and O–H groups in total. The Hall–Kier alpha value is -4.23. The second-order valence-corrected chi connectivity index (χ2v) is 8.81. The maximum absolute atomic E-state index is 11.9. The third-order valence-corrected chi connectivity index (χ3v) is 5.66. The number of nitrogens with one attached hydrogen (secondary N) is 2. The molecule has 14 nitrogen and oxygen atoms in total. The van der Waals surface area contributed by atoms with Gasteiger partial charge in [-0.05, 0) is 6.42 Å². The van der Waals surface area contributed by atoms with Crippen LogP contribution in [0.1, 0.15) is 58.3 Å². The summed E-state index contributed by atoms with van der Waals surface area (Å²) in [4.78, 5) is 111. The Labute approximate surface area is 218 Å². The Morgan fingerprint density at radius 1 is 0.842 bits per heavy atom. The van der Waals surface area contributed by atoms with E-state index in [4.69, 9.17) is 4.84 Å². The summed E-state index contributed by atoms with van der Waals surface area (Å²) in [5.74, 6) is -5.13. The van der Waals surface area contributed by atoms with Crippen molar-refractivity contribution in [1.82, 2.24) is 20.6 Å². The summed E-state index contributed by atoms with van der Waals surface area (Å²) < 4.78 is 0. The number of amides is 6. The lowest BCUT2D eigenvalue weighted by molar-refractivity contribution is -0.198. The summed E-state index contributed by atoms with van der Waals surface area (Å²) in [6.45, 7) is 1.23. The van der Waals surface area contributed by atoms with Crippen LogP contribution in [0.2, 0.25) is 0 Å². The topological polar surface area (TPSA) is 193 Å². The molecular formula is C24H30N4O10. The van der Waals surface area contributed by atoms with Crippen LogP contribution in [0.25, 0.3) is 0 Å². The molecule has 1 unspecified atom stereocenters. The Balaban J connectivity index is 1.50. The first kappa shape index (κ1) is 30.0. The van der Waals surface area contributed by atoms with Crippen LogP contribution in [-0.2, 0) is 48.0 Å². The summed E-state index contributed by atoms with van der Waals surface area (Å²) >= 11 is 0. The van der Waals surface area contributed by atoms with Gasteiger partial charge in [-0.1, -0.05) is 6.92 Å². The predicted molar refractivity (Wildman–Crippen MR) is 126 cm³/mol. The first-order valence-corrected chi connectivity index (χ1v) is 12.2. The molecule has 0 bridgehead atoms. The van der Waals surface area contributed by atoms with E-state index in [1.165, 1.54) is 6.92 Å². The first-order valence-electron chi connectivity index (χ1n) is 12.2. The van der Waals surface area contributed by atoms with Gasteiger partial charge in [-0.25, -0.2) is 4.79 Å². The van der Waals surface area contributed by atoms with Crippen molar-refractivity contribution in [3.8, 4) is 0 Å². The van der Waals surface area contributed by atoms with Gasteiger partial charge in [0.1, 0.15) is 5.78 Å². The molecular weight excluding hydrogens is 504 g/mol. The Morgan fingerprint density at radius 3 is 2.05 bits per heavy atom. The van der Waals surface area contributed by atoms with Crippen LogP contribution in [0, 0.1) is 5.92 Å². The fourth-order valence-electron chi connectivity index (χ4n) is 3.48. The average Bonchev–Trinajstić information content (AvgIpc) is 3.31. The molecule has 0 aliphatic carbocycles. The zero-order valence-electron chi connectivity index (χ0n) is 21.0. The van der Waals surface area contributed by atoms with E-state index in [2.05, 4.69) is 10.6 Å². The molecule has 0 saturated carbocycles. The molecule has 1 atom stereocenters. The minimum Gasteiger partial charge on any atom is -0.356 e. The van der Waals surface area contributed by atoms with Gasteiger partial charge < -0.3 is 15.5 Å². The van der Waals surface area contributed by atoms with Crippen LogP contribution in [0.15, 0.2) is 12.2 Å². The molecule has 2 heterocycles. The van der Waals surface area contributed by atoms with Crippen molar-refractivity contribution in [3.63, 3.8) is 0 Å². The molecule has 2 rings (SSSR count). The van der Waals surface area contributed by atoms with Gasteiger partial charge in [0, 0.05) is 69.7 Å². The van der Waals surface area contributed by atoms with E-state index < -0.39 is 53.1 Å². The number of carbonyl (C=O) groups excluding carboxylic acids is 9. The van der Waals surface area contributed by atoms with Gasteiger partial charge in [0.25, 0.3) is 23.6 Å². The Morgan fingerprint density at radius 2 is 1.45 bits per heavy atom. The molecule has 2 aliphatic rings. The van der Waals surface area contributed by atoms with Crippen LogP contribution in [-0.4, -0.2) is 82.6 Å². The van der Waals surface area contributed by atoms with E-state index in [1.807, 2.05) is 0 Å². The normalized spacial score (nSPS) is 16.7. The Bertz CT molecular complexity index is 1030. The average molecular weight is 535 g/mol. The first-order chi connectivity index (χ1) is 18.0. The molecule has 38 heavy (non-hydrogen) atoms.